The minimum Gasteiger partial charge on any atom is -0.494 e. The molecule has 0 fully saturated rings. The number of ether oxygens (including phenoxy) is 1. The molecule has 0 aliphatic heterocycles. The number of para-hydroxylation sites is 1. The third-order valence-electron chi connectivity index (χ3n) is 4.88. The Morgan fingerprint density at radius 3 is 2.35 bits per heavy atom. The predicted molar refractivity (Wildman–Crippen MR) is 125 cm³/mol. The number of benzene rings is 2. The van der Waals surface area contributed by atoms with Gasteiger partial charge in [0.25, 0.3) is 0 Å². The number of carbonyl (C=O) groups is 2. The lowest BCUT2D eigenvalue weighted by atomic mass is 10.1. The molecular weight excluding hydrogens is 412 g/mol. The number of carbonyl (C=O) groups excluding carboxylic acids is 2. The molecule has 1 atom stereocenters. The highest BCUT2D eigenvalue weighted by atomic mass is 35.5. The van der Waals surface area contributed by atoms with Crippen molar-refractivity contribution in [2.24, 2.45) is 5.92 Å². The Labute approximate surface area is 190 Å². The average Bonchev–Trinajstić information content (AvgIpc) is 2.77. The number of hydrogen-bond acceptors (Lipinski definition) is 3. The van der Waals surface area contributed by atoms with E-state index in [2.05, 4.69) is 5.32 Å². The molecule has 0 aliphatic rings. The molecule has 0 bridgehead atoms. The summed E-state index contributed by atoms with van der Waals surface area (Å²) in [5, 5.41) is 3.61. The number of amides is 2. The summed E-state index contributed by atoms with van der Waals surface area (Å²) in [5.41, 5.74) is 0.938. The van der Waals surface area contributed by atoms with E-state index in [1.807, 2.05) is 63.2 Å². The molecule has 2 aromatic rings. The molecule has 31 heavy (non-hydrogen) atoms. The molecule has 1 N–H and O–H groups in total. The van der Waals surface area contributed by atoms with Crippen LogP contribution in [0.15, 0.2) is 54.6 Å². The molecule has 2 amide bonds. The van der Waals surface area contributed by atoms with Crippen LogP contribution in [0.4, 0.5) is 0 Å². The van der Waals surface area contributed by atoms with Crippen molar-refractivity contribution in [3.63, 3.8) is 0 Å². The van der Waals surface area contributed by atoms with Crippen LogP contribution >= 0.6 is 11.6 Å². The number of rotatable bonds is 12. The summed E-state index contributed by atoms with van der Waals surface area (Å²) in [6.45, 7) is 7.42. The first-order valence-corrected chi connectivity index (χ1v) is 11.3. The second-order valence-corrected chi connectivity index (χ2v) is 8.41. The topological polar surface area (TPSA) is 58.6 Å². The summed E-state index contributed by atoms with van der Waals surface area (Å²) < 4.78 is 5.70. The maximum absolute atomic E-state index is 13.1. The van der Waals surface area contributed by atoms with E-state index in [9.17, 15) is 9.59 Å². The van der Waals surface area contributed by atoms with E-state index < -0.39 is 6.04 Å². The molecule has 0 saturated carbocycles. The molecule has 6 heteroatoms. The van der Waals surface area contributed by atoms with Crippen LogP contribution in [0, 0.1) is 5.92 Å². The Hall–Kier alpha value is -2.53. The minimum atomic E-state index is -0.517. The molecule has 0 aromatic heterocycles. The van der Waals surface area contributed by atoms with Crippen LogP contribution in [0.2, 0.25) is 5.02 Å². The smallest absolute Gasteiger partial charge is 0.242 e. The summed E-state index contributed by atoms with van der Waals surface area (Å²) in [5.74, 6) is 0.960. The molecule has 2 aromatic carbocycles. The Bertz CT molecular complexity index is 809. The molecule has 0 spiro atoms. The minimum absolute atomic E-state index is 0.0573. The summed E-state index contributed by atoms with van der Waals surface area (Å²) in [4.78, 5) is 27.6. The van der Waals surface area contributed by atoms with Gasteiger partial charge in [-0.2, -0.15) is 0 Å². The van der Waals surface area contributed by atoms with Gasteiger partial charge in [0.2, 0.25) is 11.8 Å². The van der Waals surface area contributed by atoms with Crippen molar-refractivity contribution in [2.45, 2.75) is 52.6 Å². The van der Waals surface area contributed by atoms with Gasteiger partial charge in [-0.15, -0.1) is 0 Å². The first-order chi connectivity index (χ1) is 14.9. The van der Waals surface area contributed by atoms with Crippen molar-refractivity contribution in [2.75, 3.05) is 13.2 Å². The van der Waals surface area contributed by atoms with E-state index in [0.717, 1.165) is 11.3 Å². The number of halogens is 1. The second kappa shape index (κ2) is 13.0. The number of nitrogens with one attached hydrogen (secondary N) is 1. The van der Waals surface area contributed by atoms with Gasteiger partial charge in [0.15, 0.2) is 0 Å². The van der Waals surface area contributed by atoms with Crippen molar-refractivity contribution < 1.29 is 14.3 Å². The van der Waals surface area contributed by atoms with E-state index in [0.29, 0.717) is 49.9 Å². The molecule has 0 unspecified atom stereocenters. The van der Waals surface area contributed by atoms with Crippen LogP contribution in [0.3, 0.4) is 0 Å². The highest BCUT2D eigenvalue weighted by molar-refractivity contribution is 6.30. The van der Waals surface area contributed by atoms with Crippen molar-refractivity contribution in [1.29, 1.82) is 0 Å². The van der Waals surface area contributed by atoms with Crippen molar-refractivity contribution in [1.82, 2.24) is 10.2 Å². The highest BCUT2D eigenvalue weighted by Crippen LogP contribution is 2.17. The Morgan fingerprint density at radius 1 is 1.06 bits per heavy atom. The molecule has 0 radical (unpaired) electrons. The van der Waals surface area contributed by atoms with Crippen LogP contribution in [0.1, 0.15) is 45.6 Å². The van der Waals surface area contributed by atoms with Crippen molar-refractivity contribution in [3.05, 3.63) is 65.2 Å². The van der Waals surface area contributed by atoms with Gasteiger partial charge in [0.05, 0.1) is 6.61 Å². The second-order valence-electron chi connectivity index (χ2n) is 7.98. The molecule has 0 heterocycles. The van der Waals surface area contributed by atoms with Gasteiger partial charge < -0.3 is 15.0 Å². The third kappa shape index (κ3) is 8.62. The van der Waals surface area contributed by atoms with Gasteiger partial charge in [-0.25, -0.2) is 0 Å². The number of hydrogen-bond donors (Lipinski definition) is 1. The van der Waals surface area contributed by atoms with Gasteiger partial charge in [-0.05, 0) is 48.6 Å². The summed E-state index contributed by atoms with van der Waals surface area (Å²) in [6.07, 6.45) is 1.44. The van der Waals surface area contributed by atoms with Crippen LogP contribution < -0.4 is 10.1 Å². The Balaban J connectivity index is 2.04. The van der Waals surface area contributed by atoms with E-state index >= 15 is 0 Å². The maximum atomic E-state index is 13.1. The zero-order chi connectivity index (χ0) is 22.6. The SMILES string of the molecule is CC[C@H](C(=O)NCC(C)C)N(Cc1ccc(Cl)cc1)C(=O)CCCOc1ccccc1. The van der Waals surface area contributed by atoms with Crippen LogP contribution in [-0.4, -0.2) is 35.9 Å². The van der Waals surface area contributed by atoms with E-state index in [-0.39, 0.29) is 11.8 Å². The van der Waals surface area contributed by atoms with Crippen molar-refractivity contribution >= 4 is 23.4 Å². The quantitative estimate of drug-likeness (QED) is 0.464. The lowest BCUT2D eigenvalue weighted by molar-refractivity contribution is -0.141. The monoisotopic (exact) mass is 444 g/mol. The summed E-state index contributed by atoms with van der Waals surface area (Å²) >= 11 is 6.00. The lowest BCUT2D eigenvalue weighted by Gasteiger charge is -2.31. The van der Waals surface area contributed by atoms with Gasteiger partial charge in [-0.1, -0.05) is 62.7 Å². The number of nitrogens with zero attached hydrogens (tertiary/aromatic N) is 1. The van der Waals surface area contributed by atoms with E-state index in [1.54, 1.807) is 17.0 Å². The molecule has 168 valence electrons. The molecule has 5 nitrogen and oxygen atoms in total. The van der Waals surface area contributed by atoms with Gasteiger partial charge >= 0.3 is 0 Å². The van der Waals surface area contributed by atoms with Crippen LogP contribution in [-0.2, 0) is 16.1 Å². The Kier molecular flexibility index (Phi) is 10.4. The van der Waals surface area contributed by atoms with Gasteiger partial charge in [-0.3, -0.25) is 9.59 Å². The first kappa shape index (κ1) is 24.7. The predicted octanol–water partition coefficient (Wildman–Crippen LogP) is 5.08. The van der Waals surface area contributed by atoms with E-state index in [4.69, 9.17) is 16.3 Å². The highest BCUT2D eigenvalue weighted by Gasteiger charge is 2.28. The zero-order valence-electron chi connectivity index (χ0n) is 18.6. The fourth-order valence-corrected chi connectivity index (χ4v) is 3.33. The van der Waals surface area contributed by atoms with E-state index in [1.165, 1.54) is 0 Å². The van der Waals surface area contributed by atoms with Gasteiger partial charge in [0.1, 0.15) is 11.8 Å². The largest absolute Gasteiger partial charge is 0.494 e. The fourth-order valence-electron chi connectivity index (χ4n) is 3.20. The van der Waals surface area contributed by atoms with Crippen LogP contribution in [0.25, 0.3) is 0 Å². The van der Waals surface area contributed by atoms with Crippen LogP contribution in [0.5, 0.6) is 5.75 Å². The molecule has 2 rings (SSSR count). The van der Waals surface area contributed by atoms with Crippen molar-refractivity contribution in [3.8, 4) is 5.75 Å². The Morgan fingerprint density at radius 2 is 1.74 bits per heavy atom. The van der Waals surface area contributed by atoms with Gasteiger partial charge in [0, 0.05) is 24.5 Å². The zero-order valence-corrected chi connectivity index (χ0v) is 19.4. The average molecular weight is 445 g/mol. The summed E-state index contributed by atoms with van der Waals surface area (Å²) in [6, 6.07) is 16.4. The first-order valence-electron chi connectivity index (χ1n) is 10.9. The molecule has 0 saturated heterocycles. The normalized spacial score (nSPS) is 11.8. The molecule has 0 aliphatic carbocycles. The standard InChI is InChI=1S/C25H33ClN2O3/c1-4-23(25(30)27-17-19(2)3)28(18-20-12-14-21(26)15-13-20)24(29)11-8-16-31-22-9-6-5-7-10-22/h5-7,9-10,12-15,19,23H,4,8,11,16-18H2,1-3H3,(H,27,30)/t23-/m1/s1. The maximum Gasteiger partial charge on any atom is 0.242 e. The fraction of sp³-hybridized carbons (Fsp3) is 0.440. The third-order valence-corrected chi connectivity index (χ3v) is 5.14. The lowest BCUT2D eigenvalue weighted by Crippen LogP contribution is -2.49. The molecular formula is C25H33ClN2O3. The summed E-state index contributed by atoms with van der Waals surface area (Å²) in [7, 11) is 0.